The van der Waals surface area contributed by atoms with Crippen LogP contribution in [0, 0.1) is 0 Å². The van der Waals surface area contributed by atoms with Crippen molar-refractivity contribution in [2.45, 2.75) is 51.0 Å². The predicted molar refractivity (Wildman–Crippen MR) is 142 cm³/mol. The highest BCUT2D eigenvalue weighted by Gasteiger charge is 2.29. The van der Waals surface area contributed by atoms with Crippen LogP contribution < -0.4 is 0 Å². The smallest absolute Gasteiger partial charge is 0.246 e. The number of amides is 1. The third-order valence-electron chi connectivity index (χ3n) is 7.16. The van der Waals surface area contributed by atoms with Crippen LogP contribution in [0.3, 0.4) is 0 Å². The Labute approximate surface area is 215 Å². The van der Waals surface area contributed by atoms with Crippen LogP contribution in [0.5, 0.6) is 0 Å². The lowest BCUT2D eigenvalue weighted by Gasteiger charge is -2.31. The van der Waals surface area contributed by atoms with Crippen molar-refractivity contribution >= 4 is 23.3 Å². The summed E-state index contributed by atoms with van der Waals surface area (Å²) in [5.74, 6) is 2.47. The number of hydrogen-bond acceptors (Lipinski definition) is 5. The van der Waals surface area contributed by atoms with Gasteiger partial charge in [-0.2, -0.15) is 5.10 Å². The van der Waals surface area contributed by atoms with Crippen molar-refractivity contribution in [3.63, 3.8) is 0 Å². The van der Waals surface area contributed by atoms with Gasteiger partial charge in [0.25, 0.3) is 0 Å². The second-order valence-electron chi connectivity index (χ2n) is 9.58. The van der Waals surface area contributed by atoms with Gasteiger partial charge in [0.1, 0.15) is 17.3 Å². The number of carbonyl (C=O) groups excluding carboxylic acids is 1. The Balaban J connectivity index is 1.22. The highest BCUT2D eigenvalue weighted by molar-refractivity contribution is 7.13. The Morgan fingerprint density at radius 1 is 1.00 bits per heavy atom. The fraction of sp³-hybridized carbons (Fsp3) is 0.357. The third kappa shape index (κ3) is 4.65. The van der Waals surface area contributed by atoms with E-state index in [0.717, 1.165) is 65.8 Å². The quantitative estimate of drug-likeness (QED) is 0.349. The first-order valence-corrected chi connectivity index (χ1v) is 13.7. The van der Waals surface area contributed by atoms with Crippen molar-refractivity contribution in [1.29, 1.82) is 0 Å². The summed E-state index contributed by atoms with van der Waals surface area (Å²) in [5, 5.41) is 15.9. The molecule has 36 heavy (non-hydrogen) atoms. The van der Waals surface area contributed by atoms with Crippen LogP contribution in [0.1, 0.15) is 55.2 Å². The fourth-order valence-electron chi connectivity index (χ4n) is 5.29. The molecule has 8 heteroatoms. The van der Waals surface area contributed by atoms with E-state index in [4.69, 9.17) is 5.10 Å². The lowest BCUT2D eigenvalue weighted by atomic mass is 9.97. The normalized spacial score (nSPS) is 18.3. The van der Waals surface area contributed by atoms with Crippen LogP contribution in [-0.2, 0) is 17.8 Å². The van der Waals surface area contributed by atoms with Crippen LogP contribution in [-0.4, -0.2) is 48.4 Å². The van der Waals surface area contributed by atoms with E-state index in [1.165, 1.54) is 19.3 Å². The highest BCUT2D eigenvalue weighted by Crippen LogP contribution is 2.30. The number of piperidine rings is 1. The van der Waals surface area contributed by atoms with Crippen molar-refractivity contribution in [1.82, 2.24) is 29.4 Å². The SMILES string of the molecule is O=C(/C=C/c1cn(-c2ccccc2)nc1-c1cccs1)N1CCC[C@H](c2nnc3n2CCCCC3)C1. The maximum atomic E-state index is 13.3. The summed E-state index contributed by atoms with van der Waals surface area (Å²) in [6.45, 7) is 2.48. The first-order valence-electron chi connectivity index (χ1n) is 12.8. The first-order chi connectivity index (χ1) is 17.8. The van der Waals surface area contributed by atoms with E-state index in [1.807, 2.05) is 58.3 Å². The van der Waals surface area contributed by atoms with Gasteiger partial charge in [-0.15, -0.1) is 21.5 Å². The number of carbonyl (C=O) groups is 1. The number of rotatable bonds is 5. The van der Waals surface area contributed by atoms with E-state index >= 15 is 0 Å². The Kier molecular flexibility index (Phi) is 6.51. The van der Waals surface area contributed by atoms with Crippen molar-refractivity contribution in [2.24, 2.45) is 0 Å². The standard InChI is InChI=1S/C28H30N6OS/c35-26(32-16-7-9-22(19-32)28-30-29-25-13-5-2-6-17-33(25)28)15-14-21-20-34(23-10-3-1-4-11-23)31-27(21)24-12-8-18-36-24/h1,3-4,8,10-12,14-15,18,20,22H,2,5-7,9,13,16-17,19H2/b15-14+/t22-/m0/s1. The van der Waals surface area contributed by atoms with Gasteiger partial charge in [0.2, 0.25) is 5.91 Å². The molecule has 0 aliphatic carbocycles. The number of nitrogens with zero attached hydrogens (tertiary/aromatic N) is 6. The number of aryl methyl sites for hydroxylation is 1. The Morgan fingerprint density at radius 2 is 1.92 bits per heavy atom. The molecular weight excluding hydrogens is 468 g/mol. The maximum absolute atomic E-state index is 13.3. The molecule has 2 aliphatic rings. The van der Waals surface area contributed by atoms with Gasteiger partial charge in [0.05, 0.1) is 10.6 Å². The Morgan fingerprint density at radius 3 is 2.78 bits per heavy atom. The molecule has 4 aromatic rings. The van der Waals surface area contributed by atoms with Gasteiger partial charge in [-0.05, 0) is 55.3 Å². The number of hydrogen-bond donors (Lipinski definition) is 0. The molecule has 184 valence electrons. The van der Waals surface area contributed by atoms with E-state index in [2.05, 4.69) is 26.2 Å². The fourth-order valence-corrected chi connectivity index (χ4v) is 6.02. The van der Waals surface area contributed by atoms with Crippen molar-refractivity contribution < 1.29 is 4.79 Å². The van der Waals surface area contributed by atoms with Crippen LogP contribution >= 0.6 is 11.3 Å². The van der Waals surface area contributed by atoms with Gasteiger partial charge in [-0.3, -0.25) is 4.79 Å². The number of likely N-dealkylation sites (tertiary alicyclic amines) is 1. The van der Waals surface area contributed by atoms with Crippen molar-refractivity contribution in [3.8, 4) is 16.3 Å². The highest BCUT2D eigenvalue weighted by atomic mass is 32.1. The van der Waals surface area contributed by atoms with Gasteiger partial charge in [0, 0.05) is 49.8 Å². The minimum absolute atomic E-state index is 0.0416. The van der Waals surface area contributed by atoms with E-state index in [9.17, 15) is 4.79 Å². The molecule has 1 aromatic carbocycles. The molecule has 0 saturated carbocycles. The zero-order chi connectivity index (χ0) is 24.3. The summed E-state index contributed by atoms with van der Waals surface area (Å²) < 4.78 is 4.21. The van der Waals surface area contributed by atoms with Crippen molar-refractivity contribution in [3.05, 3.63) is 77.3 Å². The molecule has 0 spiro atoms. The Bertz CT molecular complexity index is 1350. The molecule has 6 rings (SSSR count). The Hall–Kier alpha value is -3.52. The summed E-state index contributed by atoms with van der Waals surface area (Å²) in [7, 11) is 0. The van der Waals surface area contributed by atoms with Crippen LogP contribution in [0.4, 0.5) is 0 Å². The van der Waals surface area contributed by atoms with Crippen molar-refractivity contribution in [2.75, 3.05) is 13.1 Å². The molecule has 0 unspecified atom stereocenters. The molecule has 1 amide bonds. The maximum Gasteiger partial charge on any atom is 0.246 e. The van der Waals surface area contributed by atoms with Crippen LogP contribution in [0.25, 0.3) is 22.3 Å². The van der Waals surface area contributed by atoms with E-state index < -0.39 is 0 Å². The number of aromatic nitrogens is 5. The number of para-hydroxylation sites is 1. The molecule has 0 radical (unpaired) electrons. The molecule has 1 fully saturated rings. The number of fused-ring (bicyclic) bond motifs is 1. The minimum atomic E-state index is 0.0416. The molecule has 1 saturated heterocycles. The molecule has 1 atom stereocenters. The summed E-state index contributed by atoms with van der Waals surface area (Å²) in [5.41, 5.74) is 2.82. The summed E-state index contributed by atoms with van der Waals surface area (Å²) in [6.07, 6.45) is 12.3. The lowest BCUT2D eigenvalue weighted by Crippen LogP contribution is -2.39. The average molecular weight is 499 g/mol. The summed E-state index contributed by atoms with van der Waals surface area (Å²) in [4.78, 5) is 16.3. The molecule has 3 aromatic heterocycles. The first kappa shape index (κ1) is 22.9. The third-order valence-corrected chi connectivity index (χ3v) is 8.04. The molecule has 2 aliphatic heterocycles. The number of thiophene rings is 1. The van der Waals surface area contributed by atoms with E-state index in [1.54, 1.807) is 17.4 Å². The molecule has 5 heterocycles. The zero-order valence-electron chi connectivity index (χ0n) is 20.3. The second-order valence-corrected chi connectivity index (χ2v) is 10.5. The van der Waals surface area contributed by atoms with Crippen LogP contribution in [0.2, 0.25) is 0 Å². The molecule has 7 nitrogen and oxygen atoms in total. The molecule has 0 N–H and O–H groups in total. The van der Waals surface area contributed by atoms with Gasteiger partial charge in [-0.1, -0.05) is 30.7 Å². The number of benzene rings is 1. The van der Waals surface area contributed by atoms with Gasteiger partial charge >= 0.3 is 0 Å². The topological polar surface area (TPSA) is 68.8 Å². The van der Waals surface area contributed by atoms with E-state index in [-0.39, 0.29) is 11.8 Å². The zero-order valence-corrected chi connectivity index (χ0v) is 21.1. The minimum Gasteiger partial charge on any atom is -0.338 e. The molecular formula is C28H30N6OS. The largest absolute Gasteiger partial charge is 0.338 e. The summed E-state index contributed by atoms with van der Waals surface area (Å²) >= 11 is 1.65. The monoisotopic (exact) mass is 498 g/mol. The lowest BCUT2D eigenvalue weighted by molar-refractivity contribution is -0.127. The average Bonchev–Trinajstić information content (AvgIpc) is 3.65. The molecule has 0 bridgehead atoms. The van der Waals surface area contributed by atoms with Gasteiger partial charge in [-0.25, -0.2) is 4.68 Å². The van der Waals surface area contributed by atoms with Gasteiger partial charge in [0.15, 0.2) is 0 Å². The second kappa shape index (κ2) is 10.2. The van der Waals surface area contributed by atoms with Gasteiger partial charge < -0.3 is 9.47 Å². The summed E-state index contributed by atoms with van der Waals surface area (Å²) in [6, 6.07) is 14.2. The van der Waals surface area contributed by atoms with E-state index in [0.29, 0.717) is 6.54 Å². The predicted octanol–water partition coefficient (Wildman–Crippen LogP) is 5.34. The van der Waals surface area contributed by atoms with Crippen LogP contribution in [0.15, 0.2) is 60.1 Å².